The van der Waals surface area contributed by atoms with Crippen LogP contribution >= 0.6 is 0 Å². The average Bonchev–Trinajstić information content (AvgIpc) is 3.43. The summed E-state index contributed by atoms with van der Waals surface area (Å²) in [5.74, 6) is 0. The predicted octanol–water partition coefficient (Wildman–Crippen LogP) is 14.1. The van der Waals surface area contributed by atoms with Crippen molar-refractivity contribution in [2.75, 3.05) is 0 Å². The van der Waals surface area contributed by atoms with Crippen molar-refractivity contribution < 1.29 is 0 Å². The van der Waals surface area contributed by atoms with E-state index in [1.54, 1.807) is 0 Å². The van der Waals surface area contributed by atoms with E-state index < -0.39 is 0 Å². The van der Waals surface area contributed by atoms with Gasteiger partial charge in [-0.25, -0.2) is 0 Å². The molecule has 0 atom stereocenters. The quantitative estimate of drug-likeness (QED) is 0.167. The summed E-state index contributed by atoms with van der Waals surface area (Å²) in [4.78, 5) is 0. The summed E-state index contributed by atoms with van der Waals surface area (Å²) in [6.45, 7) is 4.70. The zero-order valence-corrected chi connectivity index (χ0v) is 28.8. The van der Waals surface area contributed by atoms with Gasteiger partial charge < -0.3 is 0 Å². The molecule has 0 fully saturated rings. The minimum Gasteiger partial charge on any atom is -0.0622 e. The summed E-state index contributed by atoms with van der Waals surface area (Å²) >= 11 is 0. The Morgan fingerprint density at radius 1 is 0.255 bits per heavy atom. The Kier molecular flexibility index (Phi) is 6.63. The summed E-state index contributed by atoms with van der Waals surface area (Å²) in [6.07, 6.45) is 0. The van der Waals surface area contributed by atoms with Crippen molar-refractivity contribution in [2.24, 2.45) is 0 Å². The van der Waals surface area contributed by atoms with Gasteiger partial charge >= 0.3 is 0 Å². The van der Waals surface area contributed by atoms with Gasteiger partial charge in [0, 0.05) is 5.41 Å². The zero-order chi connectivity index (χ0) is 34.1. The fourth-order valence-electron chi connectivity index (χ4n) is 8.93. The lowest BCUT2D eigenvalue weighted by atomic mass is 9.82. The van der Waals surface area contributed by atoms with Gasteiger partial charge in [-0.1, -0.05) is 196 Å². The molecule has 0 N–H and O–H groups in total. The summed E-state index contributed by atoms with van der Waals surface area (Å²) in [7, 11) is 0. The van der Waals surface area contributed by atoms with Crippen molar-refractivity contribution in [3.8, 4) is 55.6 Å². The van der Waals surface area contributed by atoms with Gasteiger partial charge in [0.15, 0.2) is 0 Å². The minimum atomic E-state index is -0.0192. The fraction of sp³-hybridized carbons (Fsp3) is 0.0588. The molecule has 0 nitrogen and oxygen atoms in total. The molecule has 0 bridgehead atoms. The molecule has 0 heterocycles. The Morgan fingerprint density at radius 3 is 1.37 bits per heavy atom. The topological polar surface area (TPSA) is 0 Å². The first-order chi connectivity index (χ1) is 25.1. The number of benzene rings is 9. The van der Waals surface area contributed by atoms with Crippen molar-refractivity contribution in [2.45, 2.75) is 19.3 Å². The molecule has 0 spiro atoms. The third-order valence-corrected chi connectivity index (χ3v) is 11.3. The molecule has 0 aromatic heterocycles. The molecule has 0 amide bonds. The van der Waals surface area contributed by atoms with E-state index in [0.717, 1.165) is 0 Å². The molecule has 0 saturated heterocycles. The monoisotopic (exact) mass is 648 g/mol. The highest BCUT2D eigenvalue weighted by molar-refractivity contribution is 6.24. The molecule has 0 radical (unpaired) electrons. The van der Waals surface area contributed by atoms with Crippen LogP contribution in [0.2, 0.25) is 0 Å². The molecule has 0 aliphatic heterocycles. The molecular formula is C51H36. The zero-order valence-electron chi connectivity index (χ0n) is 28.8. The van der Waals surface area contributed by atoms with Crippen LogP contribution in [-0.4, -0.2) is 0 Å². The van der Waals surface area contributed by atoms with Crippen LogP contribution in [0, 0.1) is 0 Å². The largest absolute Gasteiger partial charge is 0.0622 e. The molecular weight excluding hydrogens is 613 g/mol. The van der Waals surface area contributed by atoms with E-state index in [4.69, 9.17) is 0 Å². The highest BCUT2D eigenvalue weighted by Crippen LogP contribution is 2.52. The minimum absolute atomic E-state index is 0.0192. The van der Waals surface area contributed by atoms with Gasteiger partial charge in [0.2, 0.25) is 0 Å². The van der Waals surface area contributed by atoms with Crippen LogP contribution in [0.15, 0.2) is 182 Å². The maximum atomic E-state index is 2.35. The number of hydrogen-bond acceptors (Lipinski definition) is 0. The Morgan fingerprint density at radius 2 is 0.706 bits per heavy atom. The van der Waals surface area contributed by atoms with Gasteiger partial charge in [-0.2, -0.15) is 0 Å². The molecule has 10 rings (SSSR count). The molecule has 0 saturated carbocycles. The maximum Gasteiger partial charge on any atom is 0.0159 e. The first-order valence-electron chi connectivity index (χ1n) is 17.9. The second kappa shape index (κ2) is 11.4. The number of fused-ring (bicyclic) bond motifs is 6. The normalized spacial score (nSPS) is 13.1. The van der Waals surface area contributed by atoms with Crippen LogP contribution in [0.1, 0.15) is 25.0 Å². The molecule has 51 heavy (non-hydrogen) atoms. The number of hydrogen-bond donors (Lipinski definition) is 0. The molecule has 9 aromatic rings. The number of rotatable bonds is 4. The first-order valence-corrected chi connectivity index (χ1v) is 17.9. The van der Waals surface area contributed by atoms with Gasteiger partial charge in [0.05, 0.1) is 0 Å². The standard InChI is InChI=1S/C51H36/c1-51(2)46-25-13-12-23-45(46)50-37(24-14-26-47(50)51)34-27-29-35(30-28-34)48-40-19-8-10-21-42(40)49(43-22-11-9-20-41(43)48)44-32-31-36(33-15-4-3-5-16-33)38-17-6-7-18-39(38)44/h3-32H,1-2H3. The van der Waals surface area contributed by atoms with Crippen LogP contribution in [0.4, 0.5) is 0 Å². The van der Waals surface area contributed by atoms with Gasteiger partial charge in [-0.05, 0) is 99.1 Å². The van der Waals surface area contributed by atoms with E-state index in [1.807, 2.05) is 0 Å². The van der Waals surface area contributed by atoms with Gasteiger partial charge in [-0.15, -0.1) is 0 Å². The Balaban J connectivity index is 1.17. The van der Waals surface area contributed by atoms with Crippen LogP contribution in [0.5, 0.6) is 0 Å². The van der Waals surface area contributed by atoms with Crippen molar-refractivity contribution in [1.29, 1.82) is 0 Å². The van der Waals surface area contributed by atoms with Crippen molar-refractivity contribution >= 4 is 32.3 Å². The van der Waals surface area contributed by atoms with Gasteiger partial charge in [0.25, 0.3) is 0 Å². The molecule has 0 heteroatoms. The smallest absolute Gasteiger partial charge is 0.0159 e. The highest BCUT2D eigenvalue weighted by Gasteiger charge is 2.36. The fourth-order valence-corrected chi connectivity index (χ4v) is 8.93. The van der Waals surface area contributed by atoms with Crippen LogP contribution < -0.4 is 0 Å². The highest BCUT2D eigenvalue weighted by atomic mass is 14.4. The molecule has 1 aliphatic rings. The van der Waals surface area contributed by atoms with E-state index in [1.165, 1.54) is 99.1 Å². The lowest BCUT2D eigenvalue weighted by molar-refractivity contribution is 0.660. The third-order valence-electron chi connectivity index (χ3n) is 11.3. The Labute approximate surface area is 299 Å². The second-order valence-corrected chi connectivity index (χ2v) is 14.4. The third kappa shape index (κ3) is 4.46. The van der Waals surface area contributed by atoms with Crippen LogP contribution in [0.25, 0.3) is 88.0 Å². The van der Waals surface area contributed by atoms with Crippen molar-refractivity contribution in [3.05, 3.63) is 193 Å². The van der Waals surface area contributed by atoms with Gasteiger partial charge in [0.1, 0.15) is 0 Å². The SMILES string of the molecule is CC1(C)c2ccccc2-c2c(-c3ccc(-c4c5ccccc5c(-c5ccc(-c6ccccc6)c6ccccc56)c5ccccc45)cc3)cccc21. The summed E-state index contributed by atoms with van der Waals surface area (Å²) in [6, 6.07) is 67.3. The van der Waals surface area contributed by atoms with E-state index >= 15 is 0 Å². The Bertz CT molecular complexity index is 2740. The van der Waals surface area contributed by atoms with Crippen molar-refractivity contribution in [1.82, 2.24) is 0 Å². The molecule has 1 aliphatic carbocycles. The molecule has 0 unspecified atom stereocenters. The average molecular weight is 649 g/mol. The summed E-state index contributed by atoms with van der Waals surface area (Å²) in [5, 5.41) is 7.62. The van der Waals surface area contributed by atoms with E-state index in [0.29, 0.717) is 0 Å². The van der Waals surface area contributed by atoms with E-state index in [2.05, 4.69) is 196 Å². The van der Waals surface area contributed by atoms with Crippen LogP contribution in [-0.2, 0) is 5.41 Å². The van der Waals surface area contributed by atoms with Crippen LogP contribution in [0.3, 0.4) is 0 Å². The van der Waals surface area contributed by atoms with Gasteiger partial charge in [-0.3, -0.25) is 0 Å². The van der Waals surface area contributed by atoms with E-state index in [9.17, 15) is 0 Å². The summed E-state index contributed by atoms with van der Waals surface area (Å²) in [5.41, 5.74) is 15.6. The van der Waals surface area contributed by atoms with E-state index in [-0.39, 0.29) is 5.41 Å². The lowest BCUT2D eigenvalue weighted by Crippen LogP contribution is -2.14. The Hall–Kier alpha value is -6.24. The summed E-state index contributed by atoms with van der Waals surface area (Å²) < 4.78 is 0. The van der Waals surface area contributed by atoms with Crippen molar-refractivity contribution in [3.63, 3.8) is 0 Å². The first kappa shape index (κ1) is 29.7. The lowest BCUT2D eigenvalue weighted by Gasteiger charge is -2.21. The second-order valence-electron chi connectivity index (χ2n) is 14.4. The predicted molar refractivity (Wildman–Crippen MR) is 218 cm³/mol. The maximum absolute atomic E-state index is 2.35. The molecule has 240 valence electrons. The molecule has 9 aromatic carbocycles.